The highest BCUT2D eigenvalue weighted by Gasteiger charge is 2.34. The summed E-state index contributed by atoms with van der Waals surface area (Å²) < 4.78 is 0. The normalized spacial score (nSPS) is 15.4. The van der Waals surface area contributed by atoms with E-state index in [9.17, 15) is 4.79 Å². The Hall–Kier alpha value is -2.44. The number of rotatable bonds is 3. The molecule has 7 nitrogen and oxygen atoms in total. The largest absolute Gasteiger partial charge is 0.351 e. The number of H-pyrrole nitrogens is 1. The van der Waals surface area contributed by atoms with Crippen molar-refractivity contribution in [2.45, 2.75) is 32.2 Å². The number of nitrogens with one attached hydrogen (secondary N) is 1. The average molecular weight is 314 g/mol. The number of aromatic nitrogens is 4. The van der Waals surface area contributed by atoms with Gasteiger partial charge in [0.15, 0.2) is 5.82 Å². The summed E-state index contributed by atoms with van der Waals surface area (Å²) in [6.45, 7) is 7.88. The minimum atomic E-state index is -0.0404. The van der Waals surface area contributed by atoms with Crippen LogP contribution in [-0.4, -0.2) is 57.4 Å². The van der Waals surface area contributed by atoms with E-state index in [1.165, 1.54) is 0 Å². The Labute approximate surface area is 135 Å². The number of hydrogen-bond donors (Lipinski definition) is 1. The van der Waals surface area contributed by atoms with Gasteiger partial charge in [-0.1, -0.05) is 20.8 Å². The molecule has 1 amide bonds. The molecule has 0 aliphatic carbocycles. The van der Waals surface area contributed by atoms with Crippen LogP contribution in [0.3, 0.4) is 0 Å². The van der Waals surface area contributed by atoms with Gasteiger partial charge in [0.1, 0.15) is 5.69 Å². The third-order valence-electron chi connectivity index (χ3n) is 4.20. The van der Waals surface area contributed by atoms with Crippen molar-refractivity contribution in [3.63, 3.8) is 0 Å². The zero-order valence-corrected chi connectivity index (χ0v) is 13.9. The minimum absolute atomic E-state index is 0.000273. The topological polar surface area (TPSA) is 78.0 Å². The van der Waals surface area contributed by atoms with Crippen LogP contribution in [0.15, 0.2) is 24.4 Å². The first-order chi connectivity index (χ1) is 10.9. The second-order valence-electron chi connectivity index (χ2n) is 6.97. The molecule has 23 heavy (non-hydrogen) atoms. The van der Waals surface area contributed by atoms with Crippen LogP contribution in [0.1, 0.15) is 37.0 Å². The van der Waals surface area contributed by atoms with Crippen LogP contribution < -0.4 is 4.90 Å². The second-order valence-corrected chi connectivity index (χ2v) is 6.97. The molecule has 1 aliphatic rings. The zero-order chi connectivity index (χ0) is 16.6. The van der Waals surface area contributed by atoms with Crippen molar-refractivity contribution in [1.82, 2.24) is 25.3 Å². The van der Waals surface area contributed by atoms with Crippen molar-refractivity contribution in [3.05, 3.63) is 35.8 Å². The van der Waals surface area contributed by atoms with Crippen LogP contribution in [-0.2, 0) is 5.41 Å². The van der Waals surface area contributed by atoms with Gasteiger partial charge in [0, 0.05) is 31.7 Å². The van der Waals surface area contributed by atoms with Crippen molar-refractivity contribution in [2.24, 2.45) is 0 Å². The zero-order valence-electron chi connectivity index (χ0n) is 13.9. The summed E-state index contributed by atoms with van der Waals surface area (Å²) in [5, 5.41) is 15.2. The highest BCUT2D eigenvalue weighted by molar-refractivity contribution is 5.92. The van der Waals surface area contributed by atoms with Crippen LogP contribution in [0.25, 0.3) is 0 Å². The Balaban J connectivity index is 1.59. The summed E-state index contributed by atoms with van der Waals surface area (Å²) >= 11 is 0. The maximum Gasteiger partial charge on any atom is 0.271 e. The van der Waals surface area contributed by atoms with E-state index in [4.69, 9.17) is 0 Å². The van der Waals surface area contributed by atoms with Gasteiger partial charge >= 0.3 is 0 Å². The maximum atomic E-state index is 12.2. The lowest BCUT2D eigenvalue weighted by Gasteiger charge is -2.44. The van der Waals surface area contributed by atoms with E-state index >= 15 is 0 Å². The van der Waals surface area contributed by atoms with Gasteiger partial charge in [0.25, 0.3) is 5.91 Å². The third kappa shape index (κ3) is 3.04. The predicted molar refractivity (Wildman–Crippen MR) is 87.4 cm³/mol. The lowest BCUT2D eigenvalue weighted by atomic mass is 9.92. The van der Waals surface area contributed by atoms with Crippen molar-refractivity contribution in [2.75, 3.05) is 25.0 Å². The molecule has 3 rings (SSSR count). The number of carbonyl (C=O) groups is 1. The Morgan fingerprint density at radius 3 is 2.52 bits per heavy atom. The fourth-order valence-electron chi connectivity index (χ4n) is 2.51. The highest BCUT2D eigenvalue weighted by Crippen LogP contribution is 2.24. The molecule has 0 bridgehead atoms. The molecule has 1 saturated heterocycles. The van der Waals surface area contributed by atoms with Crippen LogP contribution in [0.4, 0.5) is 5.82 Å². The fourth-order valence-corrected chi connectivity index (χ4v) is 2.51. The molecule has 0 saturated carbocycles. The van der Waals surface area contributed by atoms with Crippen LogP contribution in [0, 0.1) is 0 Å². The molecule has 2 aromatic rings. The number of carbonyl (C=O) groups excluding carboxylic acids is 1. The van der Waals surface area contributed by atoms with E-state index in [-0.39, 0.29) is 17.4 Å². The van der Waals surface area contributed by atoms with Gasteiger partial charge in [-0.3, -0.25) is 9.89 Å². The first-order valence-corrected chi connectivity index (χ1v) is 7.72. The van der Waals surface area contributed by atoms with Crippen LogP contribution in [0.2, 0.25) is 0 Å². The van der Waals surface area contributed by atoms with Crippen molar-refractivity contribution >= 4 is 11.7 Å². The Kier molecular flexibility index (Phi) is 3.79. The van der Waals surface area contributed by atoms with E-state index in [0.29, 0.717) is 5.69 Å². The van der Waals surface area contributed by atoms with Gasteiger partial charge in [-0.15, -0.1) is 5.10 Å². The quantitative estimate of drug-likeness (QED) is 0.928. The van der Waals surface area contributed by atoms with E-state index in [1.54, 1.807) is 17.2 Å². The monoisotopic (exact) mass is 314 g/mol. The van der Waals surface area contributed by atoms with Crippen LogP contribution >= 0.6 is 0 Å². The van der Waals surface area contributed by atoms with E-state index in [1.807, 2.05) is 19.2 Å². The number of anilines is 1. The average Bonchev–Trinajstić information content (AvgIpc) is 2.98. The summed E-state index contributed by atoms with van der Waals surface area (Å²) in [4.78, 5) is 16.1. The van der Waals surface area contributed by atoms with Gasteiger partial charge in [-0.2, -0.15) is 10.2 Å². The van der Waals surface area contributed by atoms with E-state index < -0.39 is 0 Å². The van der Waals surface area contributed by atoms with Crippen molar-refractivity contribution < 1.29 is 4.79 Å². The first kappa shape index (κ1) is 15.5. The molecule has 1 aliphatic heterocycles. The predicted octanol–water partition coefficient (Wildman–Crippen LogP) is 1.46. The second kappa shape index (κ2) is 5.64. The summed E-state index contributed by atoms with van der Waals surface area (Å²) in [5.41, 5.74) is 1.49. The number of likely N-dealkylation sites (N-methyl/N-ethyl adjacent to an activating group) is 1. The SMILES string of the molecule is CN(C(=O)c1ccn[nH]1)C1CN(c2ccc(C(C)(C)C)nn2)C1. The van der Waals surface area contributed by atoms with Gasteiger partial charge in [-0.05, 0) is 18.2 Å². The molecular formula is C16H22N6O. The smallest absolute Gasteiger partial charge is 0.271 e. The molecule has 0 spiro atoms. The molecule has 0 aromatic carbocycles. The summed E-state index contributed by atoms with van der Waals surface area (Å²) in [6.07, 6.45) is 1.58. The molecule has 3 heterocycles. The third-order valence-corrected chi connectivity index (χ3v) is 4.20. The fraction of sp³-hybridized carbons (Fsp3) is 0.500. The summed E-state index contributed by atoms with van der Waals surface area (Å²) in [6, 6.07) is 5.89. The molecule has 0 unspecified atom stereocenters. The molecule has 0 atom stereocenters. The molecule has 1 fully saturated rings. The standard InChI is InChI=1S/C16H22N6O/c1-16(2,3)13-5-6-14(20-19-13)22-9-11(10-22)21(4)15(23)12-7-8-17-18-12/h5-8,11H,9-10H2,1-4H3,(H,17,18). The molecule has 7 heteroatoms. The van der Waals surface area contributed by atoms with Crippen LogP contribution in [0.5, 0.6) is 0 Å². The minimum Gasteiger partial charge on any atom is -0.351 e. The highest BCUT2D eigenvalue weighted by atomic mass is 16.2. The molecule has 2 aromatic heterocycles. The first-order valence-electron chi connectivity index (χ1n) is 7.72. The van der Waals surface area contributed by atoms with E-state index in [0.717, 1.165) is 24.6 Å². The summed E-state index contributed by atoms with van der Waals surface area (Å²) in [5.74, 6) is 0.818. The van der Waals surface area contributed by atoms with Gasteiger partial charge in [0.2, 0.25) is 0 Å². The number of hydrogen-bond acceptors (Lipinski definition) is 5. The number of nitrogens with zero attached hydrogens (tertiary/aromatic N) is 5. The van der Waals surface area contributed by atoms with Crippen molar-refractivity contribution in [3.8, 4) is 0 Å². The molecule has 122 valence electrons. The summed E-state index contributed by atoms with van der Waals surface area (Å²) in [7, 11) is 1.82. The number of aromatic amines is 1. The molecule has 1 N–H and O–H groups in total. The lowest BCUT2D eigenvalue weighted by molar-refractivity contribution is 0.0699. The maximum absolute atomic E-state index is 12.2. The lowest BCUT2D eigenvalue weighted by Crippen LogP contribution is -2.60. The van der Waals surface area contributed by atoms with E-state index in [2.05, 4.69) is 46.1 Å². The van der Waals surface area contributed by atoms with Gasteiger partial charge < -0.3 is 9.80 Å². The Morgan fingerprint density at radius 2 is 2.00 bits per heavy atom. The van der Waals surface area contributed by atoms with Gasteiger partial charge in [-0.25, -0.2) is 0 Å². The van der Waals surface area contributed by atoms with Gasteiger partial charge in [0.05, 0.1) is 11.7 Å². The Bertz CT molecular complexity index is 668. The Morgan fingerprint density at radius 1 is 1.26 bits per heavy atom. The molecular weight excluding hydrogens is 292 g/mol. The van der Waals surface area contributed by atoms with Crippen molar-refractivity contribution in [1.29, 1.82) is 0 Å². The number of amides is 1. The molecule has 0 radical (unpaired) electrons.